The van der Waals surface area contributed by atoms with Gasteiger partial charge in [0, 0.05) is 6.42 Å². The lowest BCUT2D eigenvalue weighted by atomic mass is 9.88. The second-order valence-electron chi connectivity index (χ2n) is 5.11. The monoisotopic (exact) mass is 248 g/mol. The summed E-state index contributed by atoms with van der Waals surface area (Å²) in [5.74, 6) is 2.20. The molecule has 1 aromatic carbocycles. The minimum Gasteiger partial charge on any atom is -0.493 e. The van der Waals surface area contributed by atoms with Crippen molar-refractivity contribution in [2.24, 2.45) is 5.92 Å². The van der Waals surface area contributed by atoms with Gasteiger partial charge in [0.1, 0.15) is 12.0 Å². The second-order valence-corrected chi connectivity index (χ2v) is 5.11. The first-order valence-corrected chi connectivity index (χ1v) is 6.83. The molecule has 0 amide bonds. The zero-order chi connectivity index (χ0) is 13.4. The summed E-state index contributed by atoms with van der Waals surface area (Å²) in [6, 6.07) is 8.30. The van der Waals surface area contributed by atoms with Crippen molar-refractivity contribution in [2.75, 3.05) is 6.61 Å². The number of hydrogen-bond acceptors (Lipinski definition) is 2. The first-order chi connectivity index (χ1) is 8.67. The third-order valence-corrected chi connectivity index (χ3v) is 3.10. The highest BCUT2D eigenvalue weighted by molar-refractivity contribution is 5.49. The van der Waals surface area contributed by atoms with E-state index in [1.807, 2.05) is 12.1 Å². The van der Waals surface area contributed by atoms with Gasteiger partial charge in [-0.1, -0.05) is 32.9 Å². The lowest BCUT2D eigenvalue weighted by molar-refractivity contribution is -0.108. The van der Waals surface area contributed by atoms with Crippen LogP contribution in [0.25, 0.3) is 0 Å². The summed E-state index contributed by atoms with van der Waals surface area (Å²) in [4.78, 5) is 10.2. The van der Waals surface area contributed by atoms with Crippen LogP contribution in [0.5, 0.6) is 5.75 Å². The molecule has 1 aromatic rings. The Bertz CT molecular complexity index is 341. The number of rotatable bonds is 8. The molecule has 100 valence electrons. The van der Waals surface area contributed by atoms with Gasteiger partial charge >= 0.3 is 0 Å². The van der Waals surface area contributed by atoms with Crippen LogP contribution in [0.3, 0.4) is 0 Å². The van der Waals surface area contributed by atoms with Crippen LogP contribution < -0.4 is 4.74 Å². The number of benzene rings is 1. The molecule has 1 atom stereocenters. The van der Waals surface area contributed by atoms with Gasteiger partial charge in [0.05, 0.1) is 6.61 Å². The number of hydrogen-bond donors (Lipinski definition) is 0. The molecular formula is C16H24O2. The van der Waals surface area contributed by atoms with Crippen molar-refractivity contribution in [1.29, 1.82) is 0 Å². The van der Waals surface area contributed by atoms with E-state index in [1.54, 1.807) is 0 Å². The van der Waals surface area contributed by atoms with Gasteiger partial charge in [0.15, 0.2) is 0 Å². The van der Waals surface area contributed by atoms with E-state index in [2.05, 4.69) is 32.9 Å². The van der Waals surface area contributed by atoms with E-state index < -0.39 is 0 Å². The van der Waals surface area contributed by atoms with Gasteiger partial charge in [-0.15, -0.1) is 0 Å². The maximum Gasteiger partial charge on any atom is 0.123 e. The summed E-state index contributed by atoms with van der Waals surface area (Å²) in [7, 11) is 0. The molecule has 0 bridgehead atoms. The van der Waals surface area contributed by atoms with E-state index >= 15 is 0 Å². The third kappa shape index (κ3) is 4.91. The van der Waals surface area contributed by atoms with E-state index in [0.717, 1.165) is 18.0 Å². The van der Waals surface area contributed by atoms with E-state index in [0.29, 0.717) is 18.9 Å². The largest absolute Gasteiger partial charge is 0.493 e. The lowest BCUT2D eigenvalue weighted by Crippen LogP contribution is -2.02. The average Bonchev–Trinajstić information content (AvgIpc) is 2.37. The molecule has 0 saturated heterocycles. The standard InChI is InChI=1S/C16H24O2/c1-4-14(12-13(2)3)15-6-8-16(9-7-15)18-11-5-10-17/h6-10,13-14H,4-5,11-12H2,1-3H3. The molecule has 0 spiro atoms. The summed E-state index contributed by atoms with van der Waals surface area (Å²) in [6.45, 7) is 7.23. The first kappa shape index (κ1) is 14.7. The van der Waals surface area contributed by atoms with Crippen LogP contribution in [0, 0.1) is 5.92 Å². The highest BCUT2D eigenvalue weighted by atomic mass is 16.5. The minimum absolute atomic E-state index is 0.451. The SMILES string of the molecule is CCC(CC(C)C)c1ccc(OCCC=O)cc1. The molecule has 1 rings (SSSR count). The third-order valence-electron chi connectivity index (χ3n) is 3.10. The average molecular weight is 248 g/mol. The Balaban J connectivity index is 2.59. The van der Waals surface area contributed by atoms with Crippen molar-refractivity contribution < 1.29 is 9.53 Å². The predicted molar refractivity (Wildman–Crippen MR) is 75.1 cm³/mol. The van der Waals surface area contributed by atoms with E-state index in [1.165, 1.54) is 18.4 Å². The molecule has 0 aliphatic rings. The summed E-state index contributed by atoms with van der Waals surface area (Å²) < 4.78 is 5.46. The van der Waals surface area contributed by atoms with Crippen molar-refractivity contribution in [3.05, 3.63) is 29.8 Å². The Kier molecular flexibility index (Phi) is 6.48. The van der Waals surface area contributed by atoms with Crippen molar-refractivity contribution >= 4 is 6.29 Å². The number of aldehydes is 1. The summed E-state index contributed by atoms with van der Waals surface area (Å²) in [6.07, 6.45) is 3.72. The Labute approximate surface area is 110 Å². The van der Waals surface area contributed by atoms with E-state index in [4.69, 9.17) is 4.74 Å². The number of carbonyl (C=O) groups is 1. The van der Waals surface area contributed by atoms with Gasteiger partial charge in [-0.25, -0.2) is 0 Å². The van der Waals surface area contributed by atoms with Crippen molar-refractivity contribution in [1.82, 2.24) is 0 Å². The molecule has 18 heavy (non-hydrogen) atoms. The molecule has 1 unspecified atom stereocenters. The quantitative estimate of drug-likeness (QED) is 0.509. The second kappa shape index (κ2) is 7.91. The normalized spacial score (nSPS) is 12.4. The molecule has 2 heteroatoms. The number of carbonyl (C=O) groups excluding carboxylic acids is 1. The van der Waals surface area contributed by atoms with Crippen molar-refractivity contribution in [3.63, 3.8) is 0 Å². The van der Waals surface area contributed by atoms with Crippen LogP contribution in [0.1, 0.15) is 51.5 Å². The molecule has 0 aliphatic carbocycles. The molecule has 0 aliphatic heterocycles. The van der Waals surface area contributed by atoms with Gasteiger partial charge < -0.3 is 9.53 Å². The fourth-order valence-corrected chi connectivity index (χ4v) is 2.17. The molecule has 0 fully saturated rings. The molecule has 0 N–H and O–H groups in total. The van der Waals surface area contributed by atoms with Crippen molar-refractivity contribution in [2.45, 2.75) is 46.0 Å². The molecule has 0 aromatic heterocycles. The maximum atomic E-state index is 10.2. The highest BCUT2D eigenvalue weighted by Crippen LogP contribution is 2.28. The van der Waals surface area contributed by atoms with E-state index in [9.17, 15) is 4.79 Å². The Morgan fingerprint density at radius 1 is 1.22 bits per heavy atom. The predicted octanol–water partition coefficient (Wildman–Crippen LogP) is 4.19. The summed E-state index contributed by atoms with van der Waals surface area (Å²) >= 11 is 0. The van der Waals surface area contributed by atoms with Gasteiger partial charge in [-0.05, 0) is 42.4 Å². The molecule has 0 heterocycles. The van der Waals surface area contributed by atoms with E-state index in [-0.39, 0.29) is 0 Å². The van der Waals surface area contributed by atoms with Crippen LogP contribution >= 0.6 is 0 Å². The van der Waals surface area contributed by atoms with Crippen LogP contribution in [-0.2, 0) is 4.79 Å². The van der Waals surface area contributed by atoms with Gasteiger partial charge in [0.2, 0.25) is 0 Å². The summed E-state index contributed by atoms with van der Waals surface area (Å²) in [5, 5.41) is 0. The highest BCUT2D eigenvalue weighted by Gasteiger charge is 2.11. The summed E-state index contributed by atoms with van der Waals surface area (Å²) in [5.41, 5.74) is 1.38. The fraction of sp³-hybridized carbons (Fsp3) is 0.562. The molecule has 0 radical (unpaired) electrons. The Hall–Kier alpha value is -1.31. The van der Waals surface area contributed by atoms with Crippen LogP contribution in [-0.4, -0.2) is 12.9 Å². The zero-order valence-corrected chi connectivity index (χ0v) is 11.7. The number of ether oxygens (including phenoxy) is 1. The van der Waals surface area contributed by atoms with Crippen molar-refractivity contribution in [3.8, 4) is 5.75 Å². The Morgan fingerprint density at radius 2 is 1.89 bits per heavy atom. The van der Waals surface area contributed by atoms with Gasteiger partial charge in [-0.2, -0.15) is 0 Å². The van der Waals surface area contributed by atoms with Crippen LogP contribution in [0.2, 0.25) is 0 Å². The molecule has 2 nitrogen and oxygen atoms in total. The fourth-order valence-electron chi connectivity index (χ4n) is 2.17. The van der Waals surface area contributed by atoms with Crippen LogP contribution in [0.4, 0.5) is 0 Å². The minimum atomic E-state index is 0.451. The molecule has 0 saturated carbocycles. The van der Waals surface area contributed by atoms with Crippen LogP contribution in [0.15, 0.2) is 24.3 Å². The molecular weight excluding hydrogens is 224 g/mol. The van der Waals surface area contributed by atoms with Gasteiger partial charge in [0.25, 0.3) is 0 Å². The lowest BCUT2D eigenvalue weighted by Gasteiger charge is -2.18. The Morgan fingerprint density at radius 3 is 2.39 bits per heavy atom. The topological polar surface area (TPSA) is 26.3 Å². The maximum absolute atomic E-state index is 10.2. The zero-order valence-electron chi connectivity index (χ0n) is 11.7. The first-order valence-electron chi connectivity index (χ1n) is 6.83. The van der Waals surface area contributed by atoms with Gasteiger partial charge in [-0.3, -0.25) is 0 Å². The smallest absolute Gasteiger partial charge is 0.123 e.